The summed E-state index contributed by atoms with van der Waals surface area (Å²) in [6.45, 7) is 1.52. The van der Waals surface area contributed by atoms with Crippen molar-refractivity contribution in [3.8, 4) is 0 Å². The molecule has 1 rings (SSSR count). The van der Waals surface area contributed by atoms with E-state index in [2.05, 4.69) is 0 Å². The minimum Gasteiger partial charge on any atom is -0.545 e. The van der Waals surface area contributed by atoms with Gasteiger partial charge in [0, 0.05) is 0 Å². The molecule has 0 aromatic heterocycles. The number of hydrogen-bond donors (Lipinski definition) is 0. The lowest BCUT2D eigenvalue weighted by molar-refractivity contribution is -0.299. The van der Waals surface area contributed by atoms with Crippen LogP contribution in [0.15, 0.2) is 35.9 Å². The Kier molecular flexibility index (Phi) is 2.64. The highest BCUT2D eigenvalue weighted by molar-refractivity contribution is 5.89. The molecular formula is C10H9O2-. The molecule has 0 bridgehead atoms. The third kappa shape index (κ3) is 2.23. The largest absolute Gasteiger partial charge is 0.545 e. The van der Waals surface area contributed by atoms with Crippen LogP contribution in [-0.4, -0.2) is 5.97 Å². The van der Waals surface area contributed by atoms with Gasteiger partial charge in [0.1, 0.15) is 0 Å². The van der Waals surface area contributed by atoms with Gasteiger partial charge in [0.15, 0.2) is 0 Å². The van der Waals surface area contributed by atoms with Crippen LogP contribution in [0, 0.1) is 0 Å². The minimum atomic E-state index is -1.13. The van der Waals surface area contributed by atoms with Gasteiger partial charge in [-0.05, 0) is 18.1 Å². The lowest BCUT2D eigenvalue weighted by Crippen LogP contribution is -2.22. The van der Waals surface area contributed by atoms with E-state index >= 15 is 0 Å². The second kappa shape index (κ2) is 3.72. The number of carboxylic acids is 1. The summed E-state index contributed by atoms with van der Waals surface area (Å²) in [5.74, 6) is -1.13. The third-order valence-electron chi connectivity index (χ3n) is 1.50. The van der Waals surface area contributed by atoms with Crippen LogP contribution in [0.3, 0.4) is 0 Å². The Hall–Kier alpha value is -1.57. The van der Waals surface area contributed by atoms with Crippen molar-refractivity contribution in [2.45, 2.75) is 6.92 Å². The van der Waals surface area contributed by atoms with Crippen LogP contribution in [0.5, 0.6) is 0 Å². The molecule has 0 amide bonds. The van der Waals surface area contributed by atoms with Gasteiger partial charge in [0.25, 0.3) is 0 Å². The Morgan fingerprint density at radius 2 is 1.92 bits per heavy atom. The maximum absolute atomic E-state index is 10.3. The van der Waals surface area contributed by atoms with Gasteiger partial charge < -0.3 is 9.90 Å². The van der Waals surface area contributed by atoms with Gasteiger partial charge in [-0.1, -0.05) is 36.4 Å². The molecule has 62 valence electrons. The monoisotopic (exact) mass is 161 g/mol. The fourth-order valence-corrected chi connectivity index (χ4v) is 0.858. The van der Waals surface area contributed by atoms with E-state index in [1.54, 1.807) is 6.08 Å². The highest BCUT2D eigenvalue weighted by Crippen LogP contribution is 2.04. The highest BCUT2D eigenvalue weighted by Gasteiger charge is 1.89. The zero-order valence-electron chi connectivity index (χ0n) is 6.78. The van der Waals surface area contributed by atoms with Gasteiger partial charge >= 0.3 is 0 Å². The first-order valence-electron chi connectivity index (χ1n) is 3.65. The molecule has 2 nitrogen and oxygen atoms in total. The van der Waals surface area contributed by atoms with Crippen molar-refractivity contribution in [3.63, 3.8) is 0 Å². The second-order valence-corrected chi connectivity index (χ2v) is 2.53. The molecule has 12 heavy (non-hydrogen) atoms. The van der Waals surface area contributed by atoms with E-state index in [0.717, 1.165) is 5.56 Å². The average molecular weight is 161 g/mol. The van der Waals surface area contributed by atoms with Crippen molar-refractivity contribution >= 4 is 12.0 Å². The summed E-state index contributed by atoms with van der Waals surface area (Å²) in [7, 11) is 0. The Morgan fingerprint density at radius 3 is 2.42 bits per heavy atom. The molecule has 0 aliphatic heterocycles. The van der Waals surface area contributed by atoms with E-state index in [0.29, 0.717) is 0 Å². The van der Waals surface area contributed by atoms with Crippen molar-refractivity contribution in [1.29, 1.82) is 0 Å². The smallest absolute Gasteiger partial charge is 0.0672 e. The highest BCUT2D eigenvalue weighted by atomic mass is 16.4. The molecule has 0 fully saturated rings. The Morgan fingerprint density at radius 1 is 1.33 bits per heavy atom. The summed E-state index contributed by atoms with van der Waals surface area (Å²) in [6.07, 6.45) is 1.58. The number of rotatable bonds is 2. The molecule has 0 heterocycles. The lowest BCUT2D eigenvalue weighted by atomic mass is 10.1. The molecule has 0 aliphatic rings. The fraction of sp³-hybridized carbons (Fsp3) is 0.100. The lowest BCUT2D eigenvalue weighted by Gasteiger charge is -2.00. The van der Waals surface area contributed by atoms with Crippen LogP contribution in [0.1, 0.15) is 12.5 Å². The summed E-state index contributed by atoms with van der Waals surface area (Å²) in [5.41, 5.74) is 1.11. The Bertz CT molecular complexity index is 299. The molecule has 0 saturated carbocycles. The van der Waals surface area contributed by atoms with Crippen LogP contribution in [0.4, 0.5) is 0 Å². The summed E-state index contributed by atoms with van der Waals surface area (Å²) >= 11 is 0. The van der Waals surface area contributed by atoms with Crippen LogP contribution in [0.2, 0.25) is 0 Å². The van der Waals surface area contributed by atoms with Crippen molar-refractivity contribution in [2.75, 3.05) is 0 Å². The zero-order valence-corrected chi connectivity index (χ0v) is 6.78. The van der Waals surface area contributed by atoms with Crippen molar-refractivity contribution in [1.82, 2.24) is 0 Å². The SMILES string of the molecule is C/C(=C\c1ccccc1)C(=O)[O-]. The van der Waals surface area contributed by atoms with Gasteiger partial charge in [0.2, 0.25) is 0 Å². The molecule has 0 unspecified atom stereocenters. The molecule has 2 heteroatoms. The molecule has 0 radical (unpaired) electrons. The van der Waals surface area contributed by atoms with Gasteiger partial charge in [-0.15, -0.1) is 0 Å². The van der Waals surface area contributed by atoms with E-state index in [-0.39, 0.29) is 5.57 Å². The van der Waals surface area contributed by atoms with Crippen LogP contribution in [0.25, 0.3) is 6.08 Å². The quantitative estimate of drug-likeness (QED) is 0.603. The molecule has 1 aromatic rings. The van der Waals surface area contributed by atoms with Gasteiger partial charge in [-0.2, -0.15) is 0 Å². The van der Waals surface area contributed by atoms with Crippen molar-refractivity contribution in [3.05, 3.63) is 41.5 Å². The van der Waals surface area contributed by atoms with Crippen molar-refractivity contribution in [2.24, 2.45) is 0 Å². The number of carbonyl (C=O) groups is 1. The molecule has 0 N–H and O–H groups in total. The first-order valence-corrected chi connectivity index (χ1v) is 3.65. The summed E-state index contributed by atoms with van der Waals surface area (Å²) in [5, 5.41) is 10.3. The number of carboxylic acid groups (broad SMARTS) is 1. The molecule has 0 spiro atoms. The second-order valence-electron chi connectivity index (χ2n) is 2.53. The van der Waals surface area contributed by atoms with E-state index < -0.39 is 5.97 Å². The zero-order chi connectivity index (χ0) is 8.97. The summed E-state index contributed by atoms with van der Waals surface area (Å²) < 4.78 is 0. The number of hydrogen-bond acceptors (Lipinski definition) is 2. The first-order chi connectivity index (χ1) is 5.70. The van der Waals surface area contributed by atoms with E-state index in [4.69, 9.17) is 0 Å². The molecule has 1 aromatic carbocycles. The van der Waals surface area contributed by atoms with E-state index in [1.165, 1.54) is 6.92 Å². The predicted molar refractivity (Wildman–Crippen MR) is 45.1 cm³/mol. The van der Waals surface area contributed by atoms with Crippen LogP contribution < -0.4 is 5.11 Å². The van der Waals surface area contributed by atoms with Crippen LogP contribution >= 0.6 is 0 Å². The van der Waals surface area contributed by atoms with E-state index in [9.17, 15) is 9.90 Å². The number of carbonyl (C=O) groups excluding carboxylic acids is 1. The predicted octanol–water partition coefficient (Wildman–Crippen LogP) is 0.840. The topological polar surface area (TPSA) is 40.1 Å². The Labute approximate surface area is 71.2 Å². The summed E-state index contributed by atoms with van der Waals surface area (Å²) in [6, 6.07) is 9.27. The maximum Gasteiger partial charge on any atom is 0.0672 e. The van der Waals surface area contributed by atoms with E-state index in [1.807, 2.05) is 30.3 Å². The maximum atomic E-state index is 10.3. The third-order valence-corrected chi connectivity index (χ3v) is 1.50. The van der Waals surface area contributed by atoms with Gasteiger partial charge in [0.05, 0.1) is 5.97 Å². The number of aliphatic carboxylic acids is 1. The van der Waals surface area contributed by atoms with Crippen LogP contribution in [-0.2, 0) is 4.79 Å². The molecule has 0 atom stereocenters. The van der Waals surface area contributed by atoms with Gasteiger partial charge in [-0.25, -0.2) is 0 Å². The number of benzene rings is 1. The molecule has 0 saturated heterocycles. The Balaban J connectivity index is 2.89. The first kappa shape index (κ1) is 8.53. The van der Waals surface area contributed by atoms with Gasteiger partial charge in [-0.3, -0.25) is 0 Å². The normalized spacial score (nSPS) is 11.2. The standard InChI is InChI=1S/C10H10O2/c1-8(10(11)12)7-9-5-3-2-4-6-9/h2-7H,1H3,(H,11,12)/p-1/b8-7+. The fourth-order valence-electron chi connectivity index (χ4n) is 0.858. The summed E-state index contributed by atoms with van der Waals surface area (Å²) in [4.78, 5) is 10.3. The minimum absolute atomic E-state index is 0.237. The van der Waals surface area contributed by atoms with Crippen molar-refractivity contribution < 1.29 is 9.90 Å². The molecular weight excluding hydrogens is 152 g/mol. The molecule has 0 aliphatic carbocycles. The average Bonchev–Trinajstić information content (AvgIpc) is 2.06.